The number of aliphatic hydroxyl groups is 1. The van der Waals surface area contributed by atoms with E-state index in [1.165, 1.54) is 0 Å². The molecule has 0 aliphatic heterocycles. The standard InChI is InChI=1S/C23H34N10O/c1-5-6-9-31(10-11-34)21-19-18(28-22(24)29-21)14-32(30-19)13-16-7-8-17(12-26-23(2,3)4)33-20(16)25-15-27-33/h7-8,14-15,26,34H,5-6,9-13H2,1-4H3,(H2,24,28). The van der Waals surface area contributed by atoms with Crippen LogP contribution in [0.2, 0.25) is 0 Å². The molecule has 0 fully saturated rings. The van der Waals surface area contributed by atoms with Crippen molar-refractivity contribution in [2.24, 2.45) is 0 Å². The SMILES string of the molecule is CCCCN(CCO)c1nc(N)nc2cn(Cc3ccc(CNC(C)(C)C)n4ncnc34)nc12. The summed E-state index contributed by atoms with van der Waals surface area (Å²) in [4.78, 5) is 15.4. The predicted molar refractivity (Wildman–Crippen MR) is 133 cm³/mol. The first-order valence-corrected chi connectivity index (χ1v) is 11.7. The molecule has 0 saturated carbocycles. The van der Waals surface area contributed by atoms with Crippen molar-refractivity contribution in [3.05, 3.63) is 35.9 Å². The van der Waals surface area contributed by atoms with E-state index in [0.717, 1.165) is 36.3 Å². The lowest BCUT2D eigenvalue weighted by molar-refractivity contribution is 0.301. The molecule has 4 rings (SSSR count). The van der Waals surface area contributed by atoms with Crippen molar-refractivity contribution in [2.45, 2.75) is 59.2 Å². The molecule has 0 unspecified atom stereocenters. The molecule has 4 aromatic rings. The fourth-order valence-electron chi connectivity index (χ4n) is 3.86. The zero-order valence-corrected chi connectivity index (χ0v) is 20.4. The maximum absolute atomic E-state index is 9.56. The van der Waals surface area contributed by atoms with Crippen LogP contribution < -0.4 is 16.0 Å². The van der Waals surface area contributed by atoms with Gasteiger partial charge in [0.2, 0.25) is 5.95 Å². The molecule has 4 N–H and O–H groups in total. The molecule has 0 atom stereocenters. The Morgan fingerprint density at radius 2 is 2.00 bits per heavy atom. The van der Waals surface area contributed by atoms with E-state index in [9.17, 15) is 5.11 Å². The summed E-state index contributed by atoms with van der Waals surface area (Å²) in [5.74, 6) is 0.844. The molecule has 4 heterocycles. The first-order valence-electron chi connectivity index (χ1n) is 11.7. The third-order valence-corrected chi connectivity index (χ3v) is 5.58. The highest BCUT2D eigenvalue weighted by atomic mass is 16.3. The van der Waals surface area contributed by atoms with E-state index in [1.807, 2.05) is 20.3 Å². The van der Waals surface area contributed by atoms with Gasteiger partial charge in [0.05, 0.1) is 25.0 Å². The number of aromatic nitrogens is 7. The van der Waals surface area contributed by atoms with Crippen molar-refractivity contribution in [3.8, 4) is 0 Å². The Bertz CT molecular complexity index is 1260. The van der Waals surface area contributed by atoms with Crippen molar-refractivity contribution in [3.63, 3.8) is 0 Å². The van der Waals surface area contributed by atoms with E-state index in [2.05, 4.69) is 65.2 Å². The largest absolute Gasteiger partial charge is 0.395 e. The first-order chi connectivity index (χ1) is 16.3. The van der Waals surface area contributed by atoms with Gasteiger partial charge in [-0.05, 0) is 33.3 Å². The maximum atomic E-state index is 9.56. The Morgan fingerprint density at radius 1 is 1.18 bits per heavy atom. The second-order valence-corrected chi connectivity index (χ2v) is 9.48. The van der Waals surface area contributed by atoms with Gasteiger partial charge in [0.15, 0.2) is 17.0 Å². The Kier molecular flexibility index (Phi) is 6.94. The van der Waals surface area contributed by atoms with Crippen LogP contribution in [0, 0.1) is 0 Å². The Hall–Kier alpha value is -3.31. The molecule has 11 heteroatoms. The number of fused-ring (bicyclic) bond motifs is 2. The number of hydrogen-bond acceptors (Lipinski definition) is 9. The predicted octanol–water partition coefficient (Wildman–Crippen LogP) is 1.99. The normalized spacial score (nSPS) is 12.1. The smallest absolute Gasteiger partial charge is 0.222 e. The number of nitrogens with two attached hydrogens (primary N) is 1. The number of nitrogen functional groups attached to an aromatic ring is 1. The summed E-state index contributed by atoms with van der Waals surface area (Å²) >= 11 is 0. The average molecular weight is 467 g/mol. The summed E-state index contributed by atoms with van der Waals surface area (Å²) in [6.45, 7) is 11.0. The fraction of sp³-hybridized carbons (Fsp3) is 0.522. The van der Waals surface area contributed by atoms with Crippen molar-refractivity contribution in [1.29, 1.82) is 0 Å². The van der Waals surface area contributed by atoms with Crippen LogP contribution >= 0.6 is 0 Å². The van der Waals surface area contributed by atoms with Gasteiger partial charge in [-0.2, -0.15) is 15.2 Å². The molecular weight excluding hydrogens is 432 g/mol. The minimum atomic E-state index is 0.00235. The molecule has 0 bridgehead atoms. The second kappa shape index (κ2) is 9.90. The second-order valence-electron chi connectivity index (χ2n) is 9.48. The van der Waals surface area contributed by atoms with Crippen molar-refractivity contribution >= 4 is 28.4 Å². The van der Waals surface area contributed by atoms with Gasteiger partial charge in [0, 0.05) is 30.7 Å². The monoisotopic (exact) mass is 466 g/mol. The van der Waals surface area contributed by atoms with Crippen LogP contribution in [0.3, 0.4) is 0 Å². The summed E-state index contributed by atoms with van der Waals surface area (Å²) in [6, 6.07) is 4.13. The third-order valence-electron chi connectivity index (χ3n) is 5.58. The van der Waals surface area contributed by atoms with Crippen LogP contribution in [0.4, 0.5) is 11.8 Å². The number of unbranched alkanes of at least 4 members (excludes halogenated alkanes) is 1. The highest BCUT2D eigenvalue weighted by Gasteiger charge is 2.18. The third kappa shape index (κ3) is 5.26. The molecular formula is C23H34N10O. The summed E-state index contributed by atoms with van der Waals surface area (Å²) < 4.78 is 3.70. The van der Waals surface area contributed by atoms with Crippen LogP contribution in [-0.4, -0.2) is 64.7 Å². The molecule has 11 nitrogen and oxygen atoms in total. The summed E-state index contributed by atoms with van der Waals surface area (Å²) in [6.07, 6.45) is 5.46. The molecule has 34 heavy (non-hydrogen) atoms. The number of anilines is 2. The van der Waals surface area contributed by atoms with Crippen molar-refractivity contribution in [2.75, 3.05) is 30.3 Å². The van der Waals surface area contributed by atoms with Gasteiger partial charge in [-0.3, -0.25) is 4.68 Å². The summed E-state index contributed by atoms with van der Waals surface area (Å²) in [5.41, 5.74) is 10.2. The highest BCUT2D eigenvalue weighted by molar-refractivity contribution is 5.86. The molecule has 0 radical (unpaired) electrons. The Morgan fingerprint density at radius 3 is 2.74 bits per heavy atom. The van der Waals surface area contributed by atoms with Crippen LogP contribution in [0.15, 0.2) is 24.7 Å². The lowest BCUT2D eigenvalue weighted by Gasteiger charge is -2.22. The molecule has 0 aliphatic rings. The van der Waals surface area contributed by atoms with Crippen molar-refractivity contribution < 1.29 is 5.11 Å². The summed E-state index contributed by atoms with van der Waals surface area (Å²) in [7, 11) is 0. The van der Waals surface area contributed by atoms with Gasteiger partial charge in [-0.25, -0.2) is 14.5 Å². The zero-order chi connectivity index (χ0) is 24.3. The maximum Gasteiger partial charge on any atom is 0.222 e. The molecule has 182 valence electrons. The van der Waals surface area contributed by atoms with Gasteiger partial charge < -0.3 is 21.1 Å². The van der Waals surface area contributed by atoms with Crippen LogP contribution in [-0.2, 0) is 13.1 Å². The van der Waals surface area contributed by atoms with E-state index in [1.54, 1.807) is 6.33 Å². The zero-order valence-electron chi connectivity index (χ0n) is 20.4. The fourth-order valence-corrected chi connectivity index (χ4v) is 3.86. The van der Waals surface area contributed by atoms with Gasteiger partial charge in [-0.1, -0.05) is 19.4 Å². The molecule has 0 aliphatic carbocycles. The number of hydrogen-bond donors (Lipinski definition) is 3. The first kappa shape index (κ1) is 23.8. The van der Waals surface area contributed by atoms with E-state index in [0.29, 0.717) is 36.5 Å². The van der Waals surface area contributed by atoms with Gasteiger partial charge in [-0.15, -0.1) is 0 Å². The topological polar surface area (TPSA) is 135 Å². The number of nitrogens with zero attached hydrogens (tertiary/aromatic N) is 8. The van der Waals surface area contributed by atoms with E-state index in [-0.39, 0.29) is 18.1 Å². The van der Waals surface area contributed by atoms with Crippen LogP contribution in [0.25, 0.3) is 16.7 Å². The number of pyridine rings is 1. The molecule has 0 saturated heterocycles. The summed E-state index contributed by atoms with van der Waals surface area (Å²) in [5, 5.41) is 22.3. The van der Waals surface area contributed by atoms with Crippen LogP contribution in [0.1, 0.15) is 51.8 Å². The van der Waals surface area contributed by atoms with Crippen LogP contribution in [0.5, 0.6) is 0 Å². The minimum absolute atomic E-state index is 0.00235. The lowest BCUT2D eigenvalue weighted by Crippen LogP contribution is -2.35. The average Bonchev–Trinajstić information content (AvgIpc) is 3.42. The van der Waals surface area contributed by atoms with E-state index in [4.69, 9.17) is 10.8 Å². The number of rotatable bonds is 10. The Labute approximate surface area is 199 Å². The minimum Gasteiger partial charge on any atom is -0.395 e. The van der Waals surface area contributed by atoms with Gasteiger partial charge >= 0.3 is 0 Å². The van der Waals surface area contributed by atoms with Gasteiger partial charge in [0.25, 0.3) is 0 Å². The quantitative estimate of drug-likeness (QED) is 0.320. The molecule has 0 amide bonds. The number of aliphatic hydroxyl groups excluding tert-OH is 1. The Balaban J connectivity index is 1.66. The lowest BCUT2D eigenvalue weighted by atomic mass is 10.1. The molecule has 0 spiro atoms. The van der Waals surface area contributed by atoms with Gasteiger partial charge in [0.1, 0.15) is 11.8 Å². The molecule has 0 aromatic carbocycles. The van der Waals surface area contributed by atoms with Crippen molar-refractivity contribution in [1.82, 2.24) is 39.7 Å². The highest BCUT2D eigenvalue weighted by Crippen LogP contribution is 2.24. The number of nitrogens with one attached hydrogen (secondary N) is 1. The van der Waals surface area contributed by atoms with E-state index >= 15 is 0 Å². The molecule has 4 aromatic heterocycles. The van der Waals surface area contributed by atoms with E-state index < -0.39 is 0 Å².